The Morgan fingerprint density at radius 3 is 1.60 bits per heavy atom. The summed E-state index contributed by atoms with van der Waals surface area (Å²) in [6.45, 7) is 0. The van der Waals surface area contributed by atoms with Crippen molar-refractivity contribution in [1.82, 2.24) is 15.0 Å². The highest BCUT2D eigenvalue weighted by Crippen LogP contribution is 2.34. The van der Waals surface area contributed by atoms with Gasteiger partial charge in [-0.2, -0.15) is 0 Å². The van der Waals surface area contributed by atoms with E-state index in [9.17, 15) is 0 Å². The molecule has 0 amide bonds. The molecule has 0 aliphatic carbocycles. The summed E-state index contributed by atoms with van der Waals surface area (Å²) >= 11 is 0. The van der Waals surface area contributed by atoms with E-state index in [-0.39, 0.29) is 0 Å². The maximum Gasteiger partial charge on any atom is 0.164 e. The van der Waals surface area contributed by atoms with Gasteiger partial charge in [-0.15, -0.1) is 0 Å². The van der Waals surface area contributed by atoms with E-state index in [0.29, 0.717) is 17.5 Å². The summed E-state index contributed by atoms with van der Waals surface area (Å²) in [5, 5.41) is 4.54. The van der Waals surface area contributed by atoms with Crippen LogP contribution in [0.2, 0.25) is 0 Å². The molecule has 4 nitrogen and oxygen atoms in total. The molecule has 0 N–H and O–H groups in total. The number of para-hydroxylation sites is 1. The largest absolute Gasteiger partial charge is 0.456 e. The smallest absolute Gasteiger partial charge is 0.164 e. The number of fused-ring (bicyclic) bond motifs is 4. The van der Waals surface area contributed by atoms with Crippen molar-refractivity contribution in [2.75, 3.05) is 0 Å². The number of nitrogens with zero attached hydrogens (tertiary/aromatic N) is 3. The molecule has 0 aliphatic rings. The Hall–Kier alpha value is -6.39. The van der Waals surface area contributed by atoms with Crippen LogP contribution in [0.4, 0.5) is 0 Å². The molecule has 0 fully saturated rings. The zero-order chi connectivity index (χ0) is 31.2. The van der Waals surface area contributed by atoms with Crippen molar-refractivity contribution in [3.63, 3.8) is 0 Å². The van der Waals surface area contributed by atoms with Gasteiger partial charge in [0.05, 0.1) is 0 Å². The number of hydrogen-bond donors (Lipinski definition) is 0. The second kappa shape index (κ2) is 11.2. The van der Waals surface area contributed by atoms with Gasteiger partial charge >= 0.3 is 0 Å². The average molecular weight is 602 g/mol. The SMILES string of the molecule is c1ccc(-c2ccc3ccc(-c4nc(-c5ccccc5)nc(-c5cccc(-c6ccc7c(c6)oc6ccccc67)c5)n4)cc3c2)cc1. The van der Waals surface area contributed by atoms with Gasteiger partial charge in [0.15, 0.2) is 17.5 Å². The minimum absolute atomic E-state index is 0.624. The van der Waals surface area contributed by atoms with Gasteiger partial charge in [0, 0.05) is 27.5 Å². The molecule has 9 rings (SSSR count). The fourth-order valence-corrected chi connectivity index (χ4v) is 6.29. The summed E-state index contributed by atoms with van der Waals surface area (Å²) in [4.78, 5) is 15.0. The third-order valence-corrected chi connectivity index (χ3v) is 8.71. The summed E-state index contributed by atoms with van der Waals surface area (Å²) in [6, 6.07) is 56.5. The first-order valence-corrected chi connectivity index (χ1v) is 15.7. The van der Waals surface area contributed by atoms with Crippen molar-refractivity contribution in [3.8, 4) is 56.4 Å². The van der Waals surface area contributed by atoms with Crippen LogP contribution in [0.25, 0.3) is 89.1 Å². The molecule has 0 atom stereocenters. The highest BCUT2D eigenvalue weighted by Gasteiger charge is 2.14. The Bertz CT molecular complexity index is 2570. The van der Waals surface area contributed by atoms with E-state index < -0.39 is 0 Å². The van der Waals surface area contributed by atoms with Crippen LogP contribution in [0, 0.1) is 0 Å². The van der Waals surface area contributed by atoms with Crippen molar-refractivity contribution >= 4 is 32.7 Å². The summed E-state index contributed by atoms with van der Waals surface area (Å²) in [5.74, 6) is 1.89. The van der Waals surface area contributed by atoms with Crippen LogP contribution >= 0.6 is 0 Å². The summed E-state index contributed by atoms with van der Waals surface area (Å²) in [5.41, 5.74) is 9.06. The molecule has 0 bridgehead atoms. The fourth-order valence-electron chi connectivity index (χ4n) is 6.29. The van der Waals surface area contributed by atoms with Gasteiger partial charge in [0.25, 0.3) is 0 Å². The van der Waals surface area contributed by atoms with Crippen LogP contribution in [-0.4, -0.2) is 15.0 Å². The van der Waals surface area contributed by atoms with Crippen molar-refractivity contribution in [2.45, 2.75) is 0 Å². The molecule has 47 heavy (non-hydrogen) atoms. The number of furan rings is 1. The maximum atomic E-state index is 6.19. The molecule has 0 unspecified atom stereocenters. The predicted octanol–water partition coefficient (Wildman–Crippen LogP) is 11.3. The zero-order valence-corrected chi connectivity index (χ0v) is 25.3. The standard InChI is InChI=1S/C43H27N3O/c1-3-10-28(11-4-1)32-20-18-29-19-21-35(26-36(29)25-32)43-45-41(30-12-5-2-6-13-30)44-42(46-43)34-15-9-14-31(24-34)33-22-23-38-37-16-7-8-17-39(37)47-40(38)27-33/h1-27H. The van der Waals surface area contributed by atoms with Gasteiger partial charge in [-0.1, -0.05) is 127 Å². The second-order valence-electron chi connectivity index (χ2n) is 11.7. The highest BCUT2D eigenvalue weighted by atomic mass is 16.3. The molecule has 0 spiro atoms. The van der Waals surface area contributed by atoms with E-state index in [2.05, 4.69) is 109 Å². The minimum Gasteiger partial charge on any atom is -0.456 e. The first-order valence-electron chi connectivity index (χ1n) is 15.7. The Labute approximate surface area is 271 Å². The van der Waals surface area contributed by atoms with Gasteiger partial charge in [-0.25, -0.2) is 15.0 Å². The molecule has 2 aromatic heterocycles. The number of aromatic nitrogens is 3. The number of benzene rings is 7. The quantitative estimate of drug-likeness (QED) is 0.197. The Balaban J connectivity index is 1.16. The first-order chi connectivity index (χ1) is 23.2. The molecule has 7 aromatic carbocycles. The number of hydrogen-bond acceptors (Lipinski definition) is 4. The average Bonchev–Trinajstić information content (AvgIpc) is 3.53. The monoisotopic (exact) mass is 601 g/mol. The van der Waals surface area contributed by atoms with Crippen LogP contribution in [0.1, 0.15) is 0 Å². The zero-order valence-electron chi connectivity index (χ0n) is 25.3. The Morgan fingerprint density at radius 2 is 0.809 bits per heavy atom. The normalized spacial score (nSPS) is 11.4. The van der Waals surface area contributed by atoms with Crippen LogP contribution < -0.4 is 0 Å². The lowest BCUT2D eigenvalue weighted by Gasteiger charge is -2.11. The molecule has 4 heteroatoms. The topological polar surface area (TPSA) is 51.8 Å². The van der Waals surface area contributed by atoms with Crippen molar-refractivity contribution in [1.29, 1.82) is 0 Å². The lowest BCUT2D eigenvalue weighted by atomic mass is 9.99. The molecule has 0 radical (unpaired) electrons. The second-order valence-corrected chi connectivity index (χ2v) is 11.7. The number of rotatable bonds is 5. The van der Waals surface area contributed by atoms with Crippen molar-refractivity contribution in [2.24, 2.45) is 0 Å². The molecular weight excluding hydrogens is 574 g/mol. The van der Waals surface area contributed by atoms with Crippen LogP contribution in [0.15, 0.2) is 168 Å². The molecule has 0 saturated heterocycles. The highest BCUT2D eigenvalue weighted by molar-refractivity contribution is 6.06. The third-order valence-electron chi connectivity index (χ3n) is 8.71. The van der Waals surface area contributed by atoms with E-state index in [1.165, 1.54) is 16.5 Å². The molecule has 0 saturated carbocycles. The molecule has 9 aromatic rings. The predicted molar refractivity (Wildman–Crippen MR) is 192 cm³/mol. The van der Waals surface area contributed by atoms with Crippen LogP contribution in [-0.2, 0) is 0 Å². The summed E-state index contributed by atoms with van der Waals surface area (Å²) in [7, 11) is 0. The Kier molecular flexibility index (Phi) is 6.43. The first kappa shape index (κ1) is 27.0. The van der Waals surface area contributed by atoms with E-state index in [0.717, 1.165) is 55.1 Å². The van der Waals surface area contributed by atoms with E-state index in [4.69, 9.17) is 19.4 Å². The summed E-state index contributed by atoms with van der Waals surface area (Å²) < 4.78 is 6.19. The Morgan fingerprint density at radius 1 is 0.298 bits per heavy atom. The van der Waals surface area contributed by atoms with Crippen LogP contribution in [0.5, 0.6) is 0 Å². The van der Waals surface area contributed by atoms with Gasteiger partial charge in [0.2, 0.25) is 0 Å². The van der Waals surface area contributed by atoms with Crippen molar-refractivity contribution < 1.29 is 4.42 Å². The molecule has 0 aliphatic heterocycles. The van der Waals surface area contributed by atoms with Crippen LogP contribution in [0.3, 0.4) is 0 Å². The molecule has 2 heterocycles. The van der Waals surface area contributed by atoms with Gasteiger partial charge < -0.3 is 4.42 Å². The summed E-state index contributed by atoms with van der Waals surface area (Å²) in [6.07, 6.45) is 0. The van der Waals surface area contributed by atoms with Gasteiger partial charge in [0.1, 0.15) is 11.2 Å². The van der Waals surface area contributed by atoms with E-state index in [1.54, 1.807) is 0 Å². The maximum absolute atomic E-state index is 6.19. The van der Waals surface area contributed by atoms with E-state index >= 15 is 0 Å². The lowest BCUT2D eigenvalue weighted by Crippen LogP contribution is -2.00. The van der Waals surface area contributed by atoms with Crippen molar-refractivity contribution in [3.05, 3.63) is 164 Å². The molecular formula is C43H27N3O. The third kappa shape index (κ3) is 5.02. The fraction of sp³-hybridized carbons (Fsp3) is 0. The lowest BCUT2D eigenvalue weighted by molar-refractivity contribution is 0.669. The molecule has 220 valence electrons. The van der Waals surface area contributed by atoms with E-state index in [1.807, 2.05) is 54.6 Å². The minimum atomic E-state index is 0.624. The van der Waals surface area contributed by atoms with Gasteiger partial charge in [-0.3, -0.25) is 0 Å². The van der Waals surface area contributed by atoms with Gasteiger partial charge in [-0.05, 0) is 69.4 Å².